The van der Waals surface area contributed by atoms with Crippen LogP contribution in [0.1, 0.15) is 55.6 Å². The standard InChI is InChI=1S/C21H28N4O2S/c1-5-15-7-9-16(10-8-15)18(24-11-13(3)27-14(4)12-24)19-20(26)25-21(28-19)22-17(6-2)23-25/h7-10,13-14,18,26H,5-6,11-12H2,1-4H3. The number of nitrogens with zero attached hydrogens (tertiary/aromatic N) is 4. The second kappa shape index (κ2) is 7.81. The first-order valence-corrected chi connectivity index (χ1v) is 10.9. The van der Waals surface area contributed by atoms with Gasteiger partial charge in [-0.1, -0.05) is 49.4 Å². The molecule has 0 saturated carbocycles. The van der Waals surface area contributed by atoms with E-state index >= 15 is 0 Å². The van der Waals surface area contributed by atoms with E-state index in [4.69, 9.17) is 4.74 Å². The minimum absolute atomic E-state index is 0.0433. The summed E-state index contributed by atoms with van der Waals surface area (Å²) >= 11 is 1.53. The van der Waals surface area contributed by atoms with Crippen LogP contribution in [0.2, 0.25) is 0 Å². The summed E-state index contributed by atoms with van der Waals surface area (Å²) in [5.41, 5.74) is 2.49. The van der Waals surface area contributed by atoms with Gasteiger partial charge in [0.05, 0.1) is 23.1 Å². The Morgan fingerprint density at radius 3 is 2.39 bits per heavy atom. The molecule has 3 aromatic rings. The molecule has 3 atom stereocenters. The number of aryl methyl sites for hydroxylation is 2. The quantitative estimate of drug-likeness (QED) is 0.705. The van der Waals surface area contributed by atoms with Crippen LogP contribution in [0.15, 0.2) is 24.3 Å². The summed E-state index contributed by atoms with van der Waals surface area (Å²) in [4.78, 5) is 8.60. The van der Waals surface area contributed by atoms with Crippen molar-refractivity contribution >= 4 is 16.3 Å². The molecule has 1 N–H and O–H groups in total. The van der Waals surface area contributed by atoms with E-state index in [2.05, 4.69) is 60.0 Å². The van der Waals surface area contributed by atoms with Crippen LogP contribution in [0.3, 0.4) is 0 Å². The summed E-state index contributed by atoms with van der Waals surface area (Å²) in [5, 5.41) is 15.5. The first-order valence-electron chi connectivity index (χ1n) is 10.1. The lowest BCUT2D eigenvalue weighted by molar-refractivity contribution is -0.0764. The number of morpholine rings is 1. The van der Waals surface area contributed by atoms with Gasteiger partial charge in [-0.25, -0.2) is 4.98 Å². The largest absolute Gasteiger partial charge is 0.492 e. The topological polar surface area (TPSA) is 62.9 Å². The monoisotopic (exact) mass is 400 g/mol. The highest BCUT2D eigenvalue weighted by atomic mass is 32.1. The van der Waals surface area contributed by atoms with E-state index in [1.54, 1.807) is 4.52 Å². The first kappa shape index (κ1) is 19.4. The molecule has 3 heterocycles. The van der Waals surface area contributed by atoms with Crippen molar-refractivity contribution in [1.29, 1.82) is 0 Å². The third-order valence-electron chi connectivity index (χ3n) is 5.32. The fraction of sp³-hybridized carbons (Fsp3) is 0.524. The average Bonchev–Trinajstić information content (AvgIpc) is 3.21. The van der Waals surface area contributed by atoms with Crippen LogP contribution < -0.4 is 0 Å². The highest BCUT2D eigenvalue weighted by Crippen LogP contribution is 2.41. The van der Waals surface area contributed by atoms with Crippen LogP contribution in [0.25, 0.3) is 4.96 Å². The Morgan fingerprint density at radius 1 is 1.14 bits per heavy atom. The number of ether oxygens (including phenoxy) is 1. The van der Waals surface area contributed by atoms with Gasteiger partial charge in [0.15, 0.2) is 5.82 Å². The number of thiazole rings is 1. The number of hydrogen-bond acceptors (Lipinski definition) is 6. The normalized spacial score (nSPS) is 22.0. The van der Waals surface area contributed by atoms with Crippen LogP contribution >= 0.6 is 11.3 Å². The maximum atomic E-state index is 11.0. The van der Waals surface area contributed by atoms with Gasteiger partial charge < -0.3 is 9.84 Å². The van der Waals surface area contributed by atoms with E-state index in [-0.39, 0.29) is 24.1 Å². The van der Waals surface area contributed by atoms with Crippen molar-refractivity contribution in [3.8, 4) is 5.88 Å². The van der Waals surface area contributed by atoms with Crippen molar-refractivity contribution in [1.82, 2.24) is 19.5 Å². The number of aromatic nitrogens is 3. The van der Waals surface area contributed by atoms with E-state index in [1.165, 1.54) is 22.5 Å². The van der Waals surface area contributed by atoms with Crippen molar-refractivity contribution in [3.05, 3.63) is 46.1 Å². The molecule has 150 valence electrons. The van der Waals surface area contributed by atoms with E-state index in [0.717, 1.165) is 41.6 Å². The Balaban J connectivity index is 1.80. The molecule has 1 aliphatic rings. The molecule has 6 nitrogen and oxygen atoms in total. The lowest BCUT2D eigenvalue weighted by atomic mass is 10.00. The fourth-order valence-corrected chi connectivity index (χ4v) is 5.15. The van der Waals surface area contributed by atoms with E-state index in [0.29, 0.717) is 0 Å². The maximum Gasteiger partial charge on any atom is 0.230 e. The second-order valence-corrected chi connectivity index (χ2v) is 8.58. The third-order valence-corrected chi connectivity index (χ3v) is 6.40. The Bertz CT molecular complexity index is 939. The number of hydrogen-bond donors (Lipinski definition) is 1. The Kier molecular flexibility index (Phi) is 5.40. The summed E-state index contributed by atoms with van der Waals surface area (Å²) in [5.74, 6) is 0.953. The van der Waals surface area contributed by atoms with Gasteiger partial charge in [-0.3, -0.25) is 4.90 Å². The highest BCUT2D eigenvalue weighted by molar-refractivity contribution is 7.17. The summed E-state index contributed by atoms with van der Waals surface area (Å²) in [7, 11) is 0. The molecule has 0 bridgehead atoms. The van der Waals surface area contributed by atoms with Gasteiger partial charge in [0.1, 0.15) is 0 Å². The second-order valence-electron chi connectivity index (χ2n) is 7.57. The third kappa shape index (κ3) is 3.54. The predicted molar refractivity (Wildman–Crippen MR) is 111 cm³/mol. The van der Waals surface area contributed by atoms with Crippen LogP contribution in [0, 0.1) is 0 Å². The van der Waals surface area contributed by atoms with Crippen LogP contribution in [0.5, 0.6) is 5.88 Å². The van der Waals surface area contributed by atoms with Crippen LogP contribution in [-0.4, -0.2) is 49.9 Å². The first-order chi connectivity index (χ1) is 13.5. The van der Waals surface area contributed by atoms with Gasteiger partial charge in [-0.15, -0.1) is 5.10 Å². The summed E-state index contributed by atoms with van der Waals surface area (Å²) in [6.45, 7) is 10.0. The van der Waals surface area contributed by atoms with E-state index in [1.807, 2.05) is 6.92 Å². The number of rotatable bonds is 5. The van der Waals surface area contributed by atoms with Crippen molar-refractivity contribution < 1.29 is 9.84 Å². The molecule has 1 aromatic carbocycles. The molecule has 7 heteroatoms. The van der Waals surface area contributed by atoms with Crippen molar-refractivity contribution in [2.24, 2.45) is 0 Å². The molecule has 3 unspecified atom stereocenters. The zero-order valence-electron chi connectivity index (χ0n) is 16.9. The maximum absolute atomic E-state index is 11.0. The molecular formula is C21H28N4O2S. The summed E-state index contributed by atoms with van der Waals surface area (Å²) in [6, 6.07) is 8.68. The molecular weight excluding hydrogens is 372 g/mol. The van der Waals surface area contributed by atoms with Crippen molar-refractivity contribution in [3.63, 3.8) is 0 Å². The summed E-state index contributed by atoms with van der Waals surface area (Å²) < 4.78 is 7.53. The minimum atomic E-state index is -0.0433. The molecule has 4 rings (SSSR count). The minimum Gasteiger partial charge on any atom is -0.492 e. The molecule has 28 heavy (non-hydrogen) atoms. The lowest BCUT2D eigenvalue weighted by Crippen LogP contribution is -2.47. The van der Waals surface area contributed by atoms with E-state index in [9.17, 15) is 5.11 Å². The van der Waals surface area contributed by atoms with Crippen LogP contribution in [0.4, 0.5) is 0 Å². The van der Waals surface area contributed by atoms with Gasteiger partial charge in [-0.2, -0.15) is 4.52 Å². The predicted octanol–water partition coefficient (Wildman–Crippen LogP) is 3.82. The lowest BCUT2D eigenvalue weighted by Gasteiger charge is -2.40. The zero-order valence-corrected chi connectivity index (χ0v) is 17.7. The smallest absolute Gasteiger partial charge is 0.230 e. The molecule has 1 aliphatic heterocycles. The van der Waals surface area contributed by atoms with Crippen LogP contribution in [-0.2, 0) is 17.6 Å². The highest BCUT2D eigenvalue weighted by Gasteiger charge is 2.34. The fourth-order valence-electron chi connectivity index (χ4n) is 4.01. The zero-order chi connectivity index (χ0) is 19.8. The van der Waals surface area contributed by atoms with Gasteiger partial charge >= 0.3 is 0 Å². The number of benzene rings is 1. The molecule has 0 radical (unpaired) electrons. The molecule has 1 saturated heterocycles. The van der Waals surface area contributed by atoms with Gasteiger partial charge in [-0.05, 0) is 31.4 Å². The van der Waals surface area contributed by atoms with Gasteiger partial charge in [0, 0.05) is 19.5 Å². The Hall–Kier alpha value is -1.96. The van der Waals surface area contributed by atoms with Crippen molar-refractivity contribution in [2.75, 3.05) is 13.1 Å². The van der Waals surface area contributed by atoms with Gasteiger partial charge in [0.25, 0.3) is 0 Å². The molecule has 2 aromatic heterocycles. The molecule has 0 spiro atoms. The van der Waals surface area contributed by atoms with Crippen molar-refractivity contribution in [2.45, 2.75) is 58.8 Å². The summed E-state index contributed by atoms with van der Waals surface area (Å²) in [6.07, 6.45) is 2.07. The number of aromatic hydroxyl groups is 1. The number of fused-ring (bicyclic) bond motifs is 1. The Labute approximate surface area is 169 Å². The Morgan fingerprint density at radius 2 is 1.82 bits per heavy atom. The van der Waals surface area contributed by atoms with Gasteiger partial charge in [0.2, 0.25) is 10.8 Å². The molecule has 1 fully saturated rings. The van der Waals surface area contributed by atoms with E-state index < -0.39 is 0 Å². The SMILES string of the molecule is CCc1ccc(C(c2sc3nc(CC)nn3c2O)N2CC(C)OC(C)C2)cc1. The average molecular weight is 401 g/mol. The molecule has 0 amide bonds. The molecule has 0 aliphatic carbocycles.